The average molecular weight is 633 g/mol. The van der Waals surface area contributed by atoms with Gasteiger partial charge in [-0.15, -0.1) is 0 Å². The zero-order valence-electron chi connectivity index (χ0n) is 23.9. The van der Waals surface area contributed by atoms with Crippen molar-refractivity contribution < 1.29 is 66.5 Å². The van der Waals surface area contributed by atoms with Crippen molar-refractivity contribution in [2.45, 2.75) is 20.8 Å². The molecule has 0 atom stereocenters. The number of para-hydroxylation sites is 1. The van der Waals surface area contributed by atoms with Crippen LogP contribution in [0.15, 0.2) is 73.1 Å². The van der Waals surface area contributed by atoms with Gasteiger partial charge in [0.05, 0.1) is 25.6 Å². The third kappa shape index (κ3) is 13.4. The molecule has 0 bridgehead atoms. The number of benzene rings is 2. The number of aromatic nitrogens is 2. The van der Waals surface area contributed by atoms with E-state index >= 15 is 0 Å². The Balaban J connectivity index is 0.00000116. The van der Waals surface area contributed by atoms with E-state index in [0.29, 0.717) is 34.0 Å². The van der Waals surface area contributed by atoms with Crippen LogP contribution in [0.4, 0.5) is 0 Å². The number of ether oxygens (including phenoxy) is 2. The third-order valence-electron chi connectivity index (χ3n) is 4.83. The van der Waals surface area contributed by atoms with Gasteiger partial charge in [-0.2, -0.15) is 0 Å². The molecule has 12 nitrogen and oxygen atoms in total. The van der Waals surface area contributed by atoms with Gasteiger partial charge >= 0.3 is 17.1 Å². The average Bonchev–Trinajstić information content (AvgIpc) is 2.93. The maximum absolute atomic E-state index is 10.3. The van der Waals surface area contributed by atoms with Crippen molar-refractivity contribution in [3.63, 3.8) is 0 Å². The molecule has 13 heteroatoms. The molecule has 43 heavy (non-hydrogen) atoms. The number of carbonyl (C=O) groups is 3. The molecule has 0 aliphatic carbocycles. The number of carboxylic acid groups (broad SMARTS) is 3. The van der Waals surface area contributed by atoms with Crippen molar-refractivity contribution in [1.82, 2.24) is 9.97 Å². The van der Waals surface area contributed by atoms with Crippen LogP contribution in [-0.4, -0.2) is 52.3 Å². The topological polar surface area (TPSA) is 205 Å². The van der Waals surface area contributed by atoms with Gasteiger partial charge in [0.1, 0.15) is 11.5 Å². The summed E-state index contributed by atoms with van der Waals surface area (Å²) in [7, 11) is 3.10. The SMILES string of the molecule is CC(=O)[O-].CC(=O)[O-].CC(=O)[O-].COc1ccc(O)c(-c2ccc(-c3ccc(-c4cccc(OC)c4O)cn3)nc2)c1.[Mn+3]. The standard InChI is InChI=1S/C24H20N2O4.3C2H4O2.Mn/c1-29-17-8-11-22(27)19(12-17)16-7-10-21(26-14-16)20-9-6-15(13-25-20)18-4-3-5-23(30-2)24(18)28;3*1-2(3)4;/h3-14,27-28H,1-2H3;3*1H3,(H,3,4);/q;;;;+3/p-3. The van der Waals surface area contributed by atoms with Crippen LogP contribution >= 0.6 is 0 Å². The summed E-state index contributed by atoms with van der Waals surface area (Å²) in [4.78, 5) is 35.6. The van der Waals surface area contributed by atoms with E-state index in [-0.39, 0.29) is 28.6 Å². The minimum absolute atomic E-state index is 0. The van der Waals surface area contributed by atoms with Crippen molar-refractivity contribution in [3.05, 3.63) is 73.1 Å². The Morgan fingerprint density at radius 2 is 1.14 bits per heavy atom. The zero-order chi connectivity index (χ0) is 31.8. The van der Waals surface area contributed by atoms with Gasteiger partial charge in [0.15, 0.2) is 11.5 Å². The first kappa shape index (κ1) is 37.9. The zero-order valence-corrected chi connectivity index (χ0v) is 25.0. The van der Waals surface area contributed by atoms with Crippen molar-refractivity contribution >= 4 is 17.9 Å². The maximum atomic E-state index is 10.3. The first-order valence-corrected chi connectivity index (χ1v) is 12.0. The Morgan fingerprint density at radius 3 is 1.53 bits per heavy atom. The summed E-state index contributed by atoms with van der Waals surface area (Å²) in [5, 5.41) is 47.1. The Morgan fingerprint density at radius 1 is 0.674 bits per heavy atom. The molecule has 2 N–H and O–H groups in total. The second kappa shape index (κ2) is 19.1. The number of aromatic hydroxyl groups is 2. The predicted molar refractivity (Wildman–Crippen MR) is 147 cm³/mol. The van der Waals surface area contributed by atoms with Gasteiger partial charge in [-0.3, -0.25) is 9.97 Å². The molecule has 0 spiro atoms. The van der Waals surface area contributed by atoms with Gasteiger partial charge in [-0.05, 0) is 57.2 Å². The van der Waals surface area contributed by atoms with E-state index in [2.05, 4.69) is 9.97 Å². The first-order chi connectivity index (χ1) is 19.8. The summed E-state index contributed by atoms with van der Waals surface area (Å²) >= 11 is 0. The van der Waals surface area contributed by atoms with E-state index in [1.165, 1.54) is 7.11 Å². The number of phenolic OH excluding ortho intramolecular Hbond substituents is 2. The summed E-state index contributed by atoms with van der Waals surface area (Å²) in [6.45, 7) is 2.92. The van der Waals surface area contributed by atoms with E-state index in [0.717, 1.165) is 31.9 Å². The summed E-state index contributed by atoms with van der Waals surface area (Å²) in [5.74, 6) is -1.94. The fraction of sp³-hybridized carbons (Fsp3) is 0.167. The van der Waals surface area contributed by atoms with Gasteiger partial charge in [-0.1, -0.05) is 24.3 Å². The van der Waals surface area contributed by atoms with Crippen LogP contribution in [0.2, 0.25) is 0 Å². The van der Waals surface area contributed by atoms with Crippen LogP contribution in [0.3, 0.4) is 0 Å². The van der Waals surface area contributed by atoms with Crippen LogP contribution in [0, 0.1) is 0 Å². The molecule has 4 aromatic rings. The number of pyridine rings is 2. The van der Waals surface area contributed by atoms with Gasteiger partial charge in [-0.25, -0.2) is 0 Å². The van der Waals surface area contributed by atoms with Crippen LogP contribution in [0.5, 0.6) is 23.0 Å². The Kier molecular flexibility index (Phi) is 16.8. The fourth-order valence-corrected chi connectivity index (χ4v) is 3.20. The number of rotatable bonds is 5. The normalized spacial score (nSPS) is 9.14. The molecule has 0 radical (unpaired) electrons. The van der Waals surface area contributed by atoms with Gasteiger partial charge in [0.25, 0.3) is 0 Å². The number of carboxylic acids is 3. The number of nitrogens with zero attached hydrogens (tertiary/aromatic N) is 2. The summed E-state index contributed by atoms with van der Waals surface area (Å²) < 4.78 is 10.4. The molecular weight excluding hydrogens is 603 g/mol. The molecule has 0 aliphatic rings. The molecule has 0 aliphatic heterocycles. The molecule has 2 aromatic carbocycles. The van der Waals surface area contributed by atoms with Crippen molar-refractivity contribution in [2.75, 3.05) is 14.2 Å². The molecule has 0 unspecified atom stereocenters. The van der Waals surface area contributed by atoms with Crippen molar-refractivity contribution in [3.8, 4) is 56.6 Å². The molecule has 2 heterocycles. The van der Waals surface area contributed by atoms with Crippen molar-refractivity contribution in [2.24, 2.45) is 0 Å². The van der Waals surface area contributed by atoms with Crippen LogP contribution in [0.1, 0.15) is 20.8 Å². The van der Waals surface area contributed by atoms with Crippen LogP contribution < -0.4 is 24.8 Å². The number of phenols is 2. The van der Waals surface area contributed by atoms with Crippen LogP contribution in [-0.2, 0) is 31.5 Å². The Labute approximate surface area is 258 Å². The second-order valence-corrected chi connectivity index (χ2v) is 8.08. The first-order valence-electron chi connectivity index (χ1n) is 12.0. The van der Waals surface area contributed by atoms with Gasteiger partial charge < -0.3 is 49.4 Å². The second-order valence-electron chi connectivity index (χ2n) is 8.08. The van der Waals surface area contributed by atoms with E-state index in [4.69, 9.17) is 39.2 Å². The molecular formula is C30H29MnN2O10. The number of carbonyl (C=O) groups excluding carboxylic acids is 3. The third-order valence-corrected chi connectivity index (χ3v) is 4.83. The maximum Gasteiger partial charge on any atom is 3.00 e. The number of aliphatic carboxylic acids is 3. The van der Waals surface area contributed by atoms with Crippen molar-refractivity contribution in [1.29, 1.82) is 0 Å². The molecule has 226 valence electrons. The minimum Gasteiger partial charge on any atom is -0.550 e. The number of hydrogen-bond acceptors (Lipinski definition) is 12. The Hall–Kier alpha value is -5.13. The molecule has 0 saturated heterocycles. The van der Waals surface area contributed by atoms with Crippen LogP contribution in [0.25, 0.3) is 33.6 Å². The van der Waals surface area contributed by atoms with Gasteiger partial charge in [0.2, 0.25) is 0 Å². The molecule has 2 aromatic heterocycles. The van der Waals surface area contributed by atoms with E-state index in [1.807, 2.05) is 36.4 Å². The number of methoxy groups -OCH3 is 2. The molecule has 0 saturated carbocycles. The predicted octanol–water partition coefficient (Wildman–Crippen LogP) is 1.17. The minimum atomic E-state index is -1.08. The monoisotopic (exact) mass is 632 g/mol. The van der Waals surface area contributed by atoms with E-state index < -0.39 is 17.9 Å². The molecule has 0 amide bonds. The Bertz CT molecular complexity index is 1390. The quantitative estimate of drug-likeness (QED) is 0.298. The smallest absolute Gasteiger partial charge is 0.550 e. The summed E-state index contributed by atoms with van der Waals surface area (Å²) in [5.41, 5.74) is 4.22. The summed E-state index contributed by atoms with van der Waals surface area (Å²) in [6, 6.07) is 17.8. The molecule has 0 fully saturated rings. The fourth-order valence-electron chi connectivity index (χ4n) is 3.20. The summed E-state index contributed by atoms with van der Waals surface area (Å²) in [6.07, 6.45) is 3.38. The van der Waals surface area contributed by atoms with Gasteiger partial charge in [0, 0.05) is 52.6 Å². The van der Waals surface area contributed by atoms with E-state index in [1.54, 1.807) is 43.8 Å². The number of hydrogen-bond donors (Lipinski definition) is 2. The molecule has 4 rings (SSSR count). The largest absolute Gasteiger partial charge is 3.00 e. The van der Waals surface area contributed by atoms with E-state index in [9.17, 15) is 10.2 Å².